The van der Waals surface area contributed by atoms with Gasteiger partial charge in [0.15, 0.2) is 0 Å². The van der Waals surface area contributed by atoms with Gasteiger partial charge < -0.3 is 15.4 Å². The van der Waals surface area contributed by atoms with Crippen LogP contribution in [0.15, 0.2) is 36.5 Å². The van der Waals surface area contributed by atoms with E-state index in [1.54, 1.807) is 23.9 Å². The molecule has 1 saturated heterocycles. The molecule has 142 valence electrons. The molecule has 1 amide bonds. The van der Waals surface area contributed by atoms with Crippen LogP contribution in [-0.2, 0) is 16.0 Å². The second kappa shape index (κ2) is 9.12. The Balaban J connectivity index is 0.00000243. The molecule has 2 N–H and O–H groups in total. The maximum Gasteiger partial charge on any atom is 0.252 e. The highest BCUT2D eigenvalue weighted by atomic mass is 35.5. The largest absolute Gasteiger partial charge is 0.368 e. The van der Waals surface area contributed by atoms with Gasteiger partial charge in [-0.25, -0.2) is 9.07 Å². The SMILES string of the molecule is COC1(C(=O)NCCc2ccn(-c3ccc(F)cc3)n2)CCNCC1.Cl. The predicted octanol–water partition coefficient (Wildman–Crippen LogP) is 1.86. The van der Waals surface area contributed by atoms with Crippen LogP contribution in [0, 0.1) is 5.82 Å². The number of hydrogen-bond donors (Lipinski definition) is 2. The number of piperidine rings is 1. The van der Waals surface area contributed by atoms with Crippen molar-refractivity contribution in [1.29, 1.82) is 0 Å². The van der Waals surface area contributed by atoms with Crippen LogP contribution >= 0.6 is 12.4 Å². The van der Waals surface area contributed by atoms with Gasteiger partial charge in [0.05, 0.1) is 11.4 Å². The Bertz CT molecular complexity index is 714. The molecule has 1 fully saturated rings. The van der Waals surface area contributed by atoms with Crippen molar-refractivity contribution in [3.8, 4) is 5.69 Å². The first-order valence-corrected chi connectivity index (χ1v) is 8.48. The number of rotatable bonds is 6. The van der Waals surface area contributed by atoms with Crippen LogP contribution in [0.25, 0.3) is 5.69 Å². The molecule has 0 saturated carbocycles. The highest BCUT2D eigenvalue weighted by molar-refractivity contribution is 5.85. The first-order valence-electron chi connectivity index (χ1n) is 8.48. The molecule has 2 aromatic rings. The zero-order valence-electron chi connectivity index (χ0n) is 14.7. The monoisotopic (exact) mass is 382 g/mol. The normalized spacial score (nSPS) is 15.9. The Morgan fingerprint density at radius 3 is 2.65 bits per heavy atom. The first kappa shape index (κ1) is 20.4. The van der Waals surface area contributed by atoms with E-state index >= 15 is 0 Å². The number of halogens is 2. The molecule has 0 radical (unpaired) electrons. The van der Waals surface area contributed by atoms with E-state index in [1.807, 2.05) is 12.3 Å². The van der Waals surface area contributed by atoms with Crippen LogP contribution in [-0.4, -0.2) is 48.0 Å². The van der Waals surface area contributed by atoms with Crippen LogP contribution in [0.2, 0.25) is 0 Å². The Hall–Kier alpha value is -1.96. The summed E-state index contributed by atoms with van der Waals surface area (Å²) in [5.41, 5.74) is 0.935. The summed E-state index contributed by atoms with van der Waals surface area (Å²) >= 11 is 0. The Labute approximate surface area is 158 Å². The lowest BCUT2D eigenvalue weighted by molar-refractivity contribution is -0.146. The van der Waals surface area contributed by atoms with Crippen molar-refractivity contribution in [2.75, 3.05) is 26.7 Å². The molecule has 2 heterocycles. The molecular formula is C18H24ClFN4O2. The standard InChI is InChI=1S/C18H23FN4O2.ClH/c1-25-18(8-11-20-12-9-18)17(24)21-10-6-15-7-13-23(22-15)16-4-2-14(19)3-5-16;/h2-5,7,13,20H,6,8-12H2,1H3,(H,21,24);1H. The summed E-state index contributed by atoms with van der Waals surface area (Å²) in [6, 6.07) is 8.05. The molecule has 0 spiro atoms. The van der Waals surface area contributed by atoms with E-state index in [2.05, 4.69) is 15.7 Å². The van der Waals surface area contributed by atoms with Gasteiger partial charge in [0, 0.05) is 26.3 Å². The summed E-state index contributed by atoms with van der Waals surface area (Å²) in [7, 11) is 1.59. The Kier molecular flexibility index (Phi) is 7.14. The molecule has 8 heteroatoms. The van der Waals surface area contributed by atoms with E-state index in [9.17, 15) is 9.18 Å². The number of benzene rings is 1. The van der Waals surface area contributed by atoms with E-state index in [0.717, 1.165) is 24.5 Å². The van der Waals surface area contributed by atoms with Crippen LogP contribution in [0.5, 0.6) is 0 Å². The number of carbonyl (C=O) groups is 1. The van der Waals surface area contributed by atoms with Gasteiger partial charge in [-0.2, -0.15) is 5.10 Å². The van der Waals surface area contributed by atoms with E-state index in [4.69, 9.17) is 4.74 Å². The minimum Gasteiger partial charge on any atom is -0.368 e. The number of aromatic nitrogens is 2. The second-order valence-corrected chi connectivity index (χ2v) is 6.18. The lowest BCUT2D eigenvalue weighted by Crippen LogP contribution is -2.54. The van der Waals surface area contributed by atoms with Crippen molar-refractivity contribution in [2.24, 2.45) is 0 Å². The van der Waals surface area contributed by atoms with Crippen LogP contribution in [0.4, 0.5) is 4.39 Å². The van der Waals surface area contributed by atoms with Crippen molar-refractivity contribution in [1.82, 2.24) is 20.4 Å². The molecule has 26 heavy (non-hydrogen) atoms. The lowest BCUT2D eigenvalue weighted by atomic mass is 9.91. The fourth-order valence-corrected chi connectivity index (χ4v) is 3.05. The van der Waals surface area contributed by atoms with Crippen LogP contribution in [0.1, 0.15) is 18.5 Å². The summed E-state index contributed by atoms with van der Waals surface area (Å²) < 4.78 is 20.2. The molecule has 1 aliphatic rings. The van der Waals surface area contributed by atoms with E-state index in [0.29, 0.717) is 25.8 Å². The maximum atomic E-state index is 13.0. The molecule has 3 rings (SSSR count). The average Bonchev–Trinajstić information content (AvgIpc) is 3.11. The average molecular weight is 383 g/mol. The smallest absolute Gasteiger partial charge is 0.252 e. The number of hydrogen-bond acceptors (Lipinski definition) is 4. The van der Waals surface area contributed by atoms with Crippen LogP contribution < -0.4 is 10.6 Å². The van der Waals surface area contributed by atoms with E-state index in [-0.39, 0.29) is 24.1 Å². The number of amides is 1. The van der Waals surface area contributed by atoms with Crippen molar-refractivity contribution < 1.29 is 13.9 Å². The van der Waals surface area contributed by atoms with Gasteiger partial charge in [0.25, 0.3) is 5.91 Å². The Morgan fingerprint density at radius 2 is 2.00 bits per heavy atom. The third-order valence-corrected chi connectivity index (χ3v) is 4.62. The van der Waals surface area contributed by atoms with Crippen LogP contribution in [0.3, 0.4) is 0 Å². The Morgan fingerprint density at radius 1 is 1.31 bits per heavy atom. The van der Waals surface area contributed by atoms with Crippen molar-refractivity contribution >= 4 is 18.3 Å². The molecule has 0 bridgehead atoms. The summed E-state index contributed by atoms with van der Waals surface area (Å²) in [6.45, 7) is 2.06. The van der Waals surface area contributed by atoms with Crippen molar-refractivity contribution in [2.45, 2.75) is 24.9 Å². The summed E-state index contributed by atoms with van der Waals surface area (Å²) in [4.78, 5) is 12.5. The molecule has 0 aliphatic carbocycles. The van der Waals surface area contributed by atoms with Gasteiger partial charge in [-0.05, 0) is 56.3 Å². The predicted molar refractivity (Wildman–Crippen MR) is 99.3 cm³/mol. The van der Waals surface area contributed by atoms with E-state index < -0.39 is 5.60 Å². The number of nitrogens with zero attached hydrogens (tertiary/aromatic N) is 2. The first-order chi connectivity index (χ1) is 12.1. The zero-order chi connectivity index (χ0) is 17.7. The van der Waals surface area contributed by atoms with Gasteiger partial charge >= 0.3 is 0 Å². The molecule has 1 aromatic carbocycles. The second-order valence-electron chi connectivity index (χ2n) is 6.18. The number of nitrogens with one attached hydrogen (secondary N) is 2. The van der Waals surface area contributed by atoms with Gasteiger partial charge in [-0.3, -0.25) is 4.79 Å². The molecule has 6 nitrogen and oxygen atoms in total. The van der Waals surface area contributed by atoms with Crippen molar-refractivity contribution in [3.05, 3.63) is 48.0 Å². The topological polar surface area (TPSA) is 68.2 Å². The summed E-state index contributed by atoms with van der Waals surface area (Å²) in [5.74, 6) is -0.335. The minimum absolute atomic E-state index is 0. The molecule has 1 aliphatic heterocycles. The quantitative estimate of drug-likeness (QED) is 0.800. The lowest BCUT2D eigenvalue weighted by Gasteiger charge is -2.34. The number of ether oxygens (including phenoxy) is 1. The number of methoxy groups -OCH3 is 1. The highest BCUT2D eigenvalue weighted by Crippen LogP contribution is 2.22. The maximum absolute atomic E-state index is 13.0. The molecule has 0 atom stereocenters. The van der Waals surface area contributed by atoms with Gasteiger partial charge in [0.1, 0.15) is 11.4 Å². The fraction of sp³-hybridized carbons (Fsp3) is 0.444. The number of carbonyl (C=O) groups excluding carboxylic acids is 1. The summed E-state index contributed by atoms with van der Waals surface area (Å²) in [6.07, 6.45) is 3.80. The van der Waals surface area contributed by atoms with Gasteiger partial charge in [-0.1, -0.05) is 0 Å². The van der Waals surface area contributed by atoms with Gasteiger partial charge in [0.2, 0.25) is 0 Å². The van der Waals surface area contributed by atoms with E-state index in [1.165, 1.54) is 12.1 Å². The molecule has 0 unspecified atom stereocenters. The zero-order valence-corrected chi connectivity index (χ0v) is 15.5. The summed E-state index contributed by atoms with van der Waals surface area (Å²) in [5, 5.41) is 10.7. The minimum atomic E-state index is -0.723. The highest BCUT2D eigenvalue weighted by Gasteiger charge is 2.39. The fourth-order valence-electron chi connectivity index (χ4n) is 3.05. The molecular weight excluding hydrogens is 359 g/mol. The molecule has 1 aromatic heterocycles. The third-order valence-electron chi connectivity index (χ3n) is 4.62. The van der Waals surface area contributed by atoms with Crippen molar-refractivity contribution in [3.63, 3.8) is 0 Å². The van der Waals surface area contributed by atoms with Gasteiger partial charge in [-0.15, -0.1) is 12.4 Å². The third kappa shape index (κ3) is 4.60.